The fourth-order valence-corrected chi connectivity index (χ4v) is 3.20. The molecule has 1 aromatic heterocycles. The molecule has 0 fully saturated rings. The van der Waals surface area contributed by atoms with Gasteiger partial charge in [-0.15, -0.1) is 0 Å². The van der Waals surface area contributed by atoms with Crippen molar-refractivity contribution in [1.82, 2.24) is 10.2 Å². The fourth-order valence-electron chi connectivity index (χ4n) is 3.20. The van der Waals surface area contributed by atoms with E-state index in [-0.39, 0.29) is 30.8 Å². The van der Waals surface area contributed by atoms with Gasteiger partial charge in [0, 0.05) is 23.5 Å². The van der Waals surface area contributed by atoms with Gasteiger partial charge in [-0.1, -0.05) is 30.3 Å². The van der Waals surface area contributed by atoms with Crippen LogP contribution in [0.25, 0.3) is 21.7 Å². The van der Waals surface area contributed by atoms with E-state index < -0.39 is 0 Å². The second kappa shape index (κ2) is 7.60. The van der Waals surface area contributed by atoms with Crippen LogP contribution >= 0.6 is 0 Å². The van der Waals surface area contributed by atoms with E-state index >= 15 is 0 Å². The van der Waals surface area contributed by atoms with E-state index in [0.717, 1.165) is 27.3 Å². The summed E-state index contributed by atoms with van der Waals surface area (Å²) in [6.45, 7) is 6.24. The molecule has 0 bridgehead atoms. The molecule has 5 heteroatoms. The van der Waals surface area contributed by atoms with Crippen molar-refractivity contribution in [2.45, 2.75) is 33.2 Å². The highest BCUT2D eigenvalue weighted by Gasteiger charge is 2.19. The molecule has 2 aromatic carbocycles. The molecule has 0 atom stereocenters. The molecule has 1 heterocycles. The number of carbonyl (C=O) groups excluding carboxylic acids is 2. The number of hydrogen-bond donors (Lipinski definition) is 1. The third-order valence-electron chi connectivity index (χ3n) is 4.40. The third-order valence-corrected chi connectivity index (χ3v) is 4.40. The van der Waals surface area contributed by atoms with Gasteiger partial charge in [0.1, 0.15) is 5.58 Å². The molecular weight excluding hydrogens is 328 g/mol. The summed E-state index contributed by atoms with van der Waals surface area (Å²) in [6.07, 6.45) is 1.86. The summed E-state index contributed by atoms with van der Waals surface area (Å²) in [5, 5.41) is 5.98. The van der Waals surface area contributed by atoms with Crippen molar-refractivity contribution in [2.24, 2.45) is 0 Å². The Morgan fingerprint density at radius 1 is 1.15 bits per heavy atom. The number of benzene rings is 2. The molecule has 5 nitrogen and oxygen atoms in total. The molecule has 3 aromatic rings. The van der Waals surface area contributed by atoms with Crippen molar-refractivity contribution in [1.29, 1.82) is 0 Å². The molecule has 0 aliphatic carbocycles. The molecule has 0 unspecified atom stereocenters. The normalized spacial score (nSPS) is 11.2. The lowest BCUT2D eigenvalue weighted by atomic mass is 10.0. The average molecular weight is 352 g/mol. The maximum atomic E-state index is 12.7. The molecule has 0 saturated heterocycles. The lowest BCUT2D eigenvalue weighted by molar-refractivity contribution is -0.135. The van der Waals surface area contributed by atoms with E-state index in [2.05, 4.69) is 5.32 Å². The number of rotatable bonds is 6. The van der Waals surface area contributed by atoms with Gasteiger partial charge in [0.15, 0.2) is 0 Å². The van der Waals surface area contributed by atoms with Crippen molar-refractivity contribution in [3.63, 3.8) is 0 Å². The predicted octanol–water partition coefficient (Wildman–Crippen LogP) is 3.50. The summed E-state index contributed by atoms with van der Waals surface area (Å²) in [4.78, 5) is 26.3. The van der Waals surface area contributed by atoms with Gasteiger partial charge in [0.05, 0.1) is 19.2 Å². The summed E-state index contributed by atoms with van der Waals surface area (Å²) in [6, 6.07) is 12.1. The van der Waals surface area contributed by atoms with E-state index in [1.807, 2.05) is 57.2 Å². The fraction of sp³-hybridized carbons (Fsp3) is 0.333. The largest absolute Gasteiger partial charge is 0.464 e. The van der Waals surface area contributed by atoms with Crippen LogP contribution in [0.2, 0.25) is 0 Å². The van der Waals surface area contributed by atoms with Gasteiger partial charge < -0.3 is 14.6 Å². The minimum absolute atomic E-state index is 0.0560. The first-order chi connectivity index (χ1) is 12.5. The van der Waals surface area contributed by atoms with Gasteiger partial charge in [-0.25, -0.2) is 0 Å². The summed E-state index contributed by atoms with van der Waals surface area (Å²) in [5.74, 6) is -0.222. The van der Waals surface area contributed by atoms with E-state index in [1.165, 1.54) is 0 Å². The highest BCUT2D eigenvalue weighted by Crippen LogP contribution is 2.30. The van der Waals surface area contributed by atoms with E-state index in [4.69, 9.17) is 4.42 Å². The zero-order valence-corrected chi connectivity index (χ0v) is 15.4. The number of furan rings is 1. The molecule has 0 saturated carbocycles. The Kier molecular flexibility index (Phi) is 5.26. The van der Waals surface area contributed by atoms with Gasteiger partial charge >= 0.3 is 0 Å². The van der Waals surface area contributed by atoms with E-state index in [1.54, 1.807) is 11.2 Å². The van der Waals surface area contributed by atoms with Crippen molar-refractivity contribution in [3.8, 4) is 0 Å². The smallest absolute Gasteiger partial charge is 0.239 e. The quantitative estimate of drug-likeness (QED) is 0.738. The van der Waals surface area contributed by atoms with Gasteiger partial charge in [0.25, 0.3) is 0 Å². The molecule has 3 rings (SSSR count). The Morgan fingerprint density at radius 3 is 2.65 bits per heavy atom. The number of nitrogens with zero attached hydrogens (tertiary/aromatic N) is 1. The molecule has 0 spiro atoms. The standard InChI is InChI=1S/C21H24N2O3/c1-4-23(12-19(24)22-14(2)3)20(25)11-16-13-26-18-10-9-15-7-5-6-8-17(15)21(16)18/h5-10,13-14H,4,11-12H2,1-3H3,(H,22,24). The summed E-state index contributed by atoms with van der Waals surface area (Å²) in [7, 11) is 0. The Bertz CT molecular complexity index is 943. The predicted molar refractivity (Wildman–Crippen MR) is 103 cm³/mol. The van der Waals surface area contributed by atoms with Crippen LogP contribution in [-0.2, 0) is 16.0 Å². The number of amides is 2. The summed E-state index contributed by atoms with van der Waals surface area (Å²) >= 11 is 0. The second-order valence-electron chi connectivity index (χ2n) is 6.73. The van der Waals surface area contributed by atoms with Gasteiger partial charge in [-0.2, -0.15) is 0 Å². The highest BCUT2D eigenvalue weighted by molar-refractivity contribution is 6.08. The van der Waals surface area contributed by atoms with Gasteiger partial charge in [-0.05, 0) is 37.6 Å². The number of carbonyl (C=O) groups is 2. The van der Waals surface area contributed by atoms with Crippen LogP contribution in [0.4, 0.5) is 0 Å². The molecule has 136 valence electrons. The zero-order chi connectivity index (χ0) is 18.7. The molecular formula is C21H24N2O3. The SMILES string of the molecule is CCN(CC(=O)NC(C)C)C(=O)Cc1coc2ccc3ccccc3c12. The van der Waals surface area contributed by atoms with Crippen LogP contribution in [-0.4, -0.2) is 35.8 Å². The van der Waals surface area contributed by atoms with Gasteiger partial charge in [0.2, 0.25) is 11.8 Å². The van der Waals surface area contributed by atoms with Crippen LogP contribution in [0, 0.1) is 0 Å². The molecule has 0 aliphatic rings. The van der Waals surface area contributed by atoms with Crippen molar-refractivity contribution >= 4 is 33.6 Å². The maximum Gasteiger partial charge on any atom is 0.239 e. The number of fused-ring (bicyclic) bond motifs is 3. The first-order valence-electron chi connectivity index (χ1n) is 8.94. The molecule has 0 radical (unpaired) electrons. The Labute approximate surface area is 153 Å². The monoisotopic (exact) mass is 352 g/mol. The Morgan fingerprint density at radius 2 is 1.92 bits per heavy atom. The molecule has 0 aliphatic heterocycles. The average Bonchev–Trinajstić information content (AvgIpc) is 3.02. The number of nitrogens with one attached hydrogen (secondary N) is 1. The maximum absolute atomic E-state index is 12.7. The molecule has 1 N–H and O–H groups in total. The summed E-state index contributed by atoms with van der Waals surface area (Å²) < 4.78 is 5.66. The van der Waals surface area contributed by atoms with Crippen LogP contribution in [0.1, 0.15) is 26.3 Å². The van der Waals surface area contributed by atoms with E-state index in [9.17, 15) is 9.59 Å². The lowest BCUT2D eigenvalue weighted by Crippen LogP contribution is -2.43. The highest BCUT2D eigenvalue weighted by atomic mass is 16.3. The lowest BCUT2D eigenvalue weighted by Gasteiger charge is -2.21. The topological polar surface area (TPSA) is 62.6 Å². The van der Waals surface area contributed by atoms with Crippen LogP contribution in [0.3, 0.4) is 0 Å². The van der Waals surface area contributed by atoms with E-state index in [0.29, 0.717) is 6.54 Å². The van der Waals surface area contributed by atoms with Crippen molar-refractivity contribution in [2.75, 3.05) is 13.1 Å². The molecule has 2 amide bonds. The summed E-state index contributed by atoms with van der Waals surface area (Å²) in [5.41, 5.74) is 1.62. The zero-order valence-electron chi connectivity index (χ0n) is 15.4. The van der Waals surface area contributed by atoms with Crippen LogP contribution in [0.15, 0.2) is 47.1 Å². The minimum atomic E-state index is -0.141. The third kappa shape index (κ3) is 3.72. The van der Waals surface area contributed by atoms with Crippen LogP contribution < -0.4 is 5.32 Å². The van der Waals surface area contributed by atoms with Crippen molar-refractivity contribution in [3.05, 3.63) is 48.2 Å². The second-order valence-corrected chi connectivity index (χ2v) is 6.73. The molecule has 26 heavy (non-hydrogen) atoms. The minimum Gasteiger partial charge on any atom is -0.464 e. The number of hydrogen-bond acceptors (Lipinski definition) is 3. The first kappa shape index (κ1) is 18.0. The Hall–Kier alpha value is -2.82. The number of likely N-dealkylation sites (N-methyl/N-ethyl adjacent to an activating group) is 1. The van der Waals surface area contributed by atoms with Crippen molar-refractivity contribution < 1.29 is 14.0 Å². The Balaban J connectivity index is 1.84. The van der Waals surface area contributed by atoms with Crippen LogP contribution in [0.5, 0.6) is 0 Å². The first-order valence-corrected chi connectivity index (χ1v) is 8.94. The van der Waals surface area contributed by atoms with Gasteiger partial charge in [-0.3, -0.25) is 9.59 Å².